The van der Waals surface area contributed by atoms with Gasteiger partial charge in [-0.05, 0) is 30.7 Å². The summed E-state index contributed by atoms with van der Waals surface area (Å²) >= 11 is 6.02. The highest BCUT2D eigenvalue weighted by Gasteiger charge is 2.32. The number of methoxy groups -OCH3 is 3. The summed E-state index contributed by atoms with van der Waals surface area (Å²) in [6, 6.07) is 10.2. The summed E-state index contributed by atoms with van der Waals surface area (Å²) in [5, 5.41) is 3.38. The van der Waals surface area contributed by atoms with Crippen LogP contribution in [0.5, 0.6) is 17.2 Å². The minimum atomic E-state index is -0.425. The Morgan fingerprint density at radius 1 is 1.04 bits per heavy atom. The van der Waals surface area contributed by atoms with E-state index in [9.17, 15) is 4.79 Å². The van der Waals surface area contributed by atoms with E-state index in [0.717, 1.165) is 5.56 Å². The molecule has 0 radical (unpaired) electrons. The Morgan fingerprint density at radius 2 is 1.81 bits per heavy atom. The molecule has 1 heterocycles. The Labute approximate surface area is 162 Å². The minimum absolute atomic E-state index is 0.0807. The van der Waals surface area contributed by atoms with Gasteiger partial charge < -0.3 is 19.5 Å². The van der Waals surface area contributed by atoms with Gasteiger partial charge in [-0.2, -0.15) is 0 Å². The molecule has 1 saturated heterocycles. The second-order valence-electron chi connectivity index (χ2n) is 6.07. The summed E-state index contributed by atoms with van der Waals surface area (Å²) in [4.78, 5) is 12.7. The van der Waals surface area contributed by atoms with Gasteiger partial charge in [0.1, 0.15) is 23.3 Å². The van der Waals surface area contributed by atoms with Crippen LogP contribution in [-0.4, -0.2) is 33.3 Å². The number of ether oxygens (including phenoxy) is 3. The molecule has 2 aromatic carbocycles. The maximum Gasteiger partial charge on any atom is 0.243 e. The summed E-state index contributed by atoms with van der Waals surface area (Å²) < 4.78 is 16.0. The zero-order chi connectivity index (χ0) is 19.4. The molecule has 0 spiro atoms. The number of hydrazine groups is 1. The number of halogens is 1. The summed E-state index contributed by atoms with van der Waals surface area (Å²) in [6.07, 6.45) is 0.553. The van der Waals surface area contributed by atoms with Crippen LogP contribution in [-0.2, 0) is 4.79 Å². The van der Waals surface area contributed by atoms with Gasteiger partial charge in [-0.1, -0.05) is 17.7 Å². The highest BCUT2D eigenvalue weighted by atomic mass is 35.5. The number of nitrogens with one attached hydrogen (secondary N) is 3. The number of hydrogen-bond donors (Lipinski definition) is 3. The lowest BCUT2D eigenvalue weighted by molar-refractivity contribution is -0.117. The maximum absolute atomic E-state index is 12.7. The highest BCUT2D eigenvalue weighted by molar-refractivity contribution is 6.31. The first-order valence-electron chi connectivity index (χ1n) is 8.43. The van der Waals surface area contributed by atoms with Crippen molar-refractivity contribution in [1.29, 1.82) is 0 Å². The first-order chi connectivity index (χ1) is 13.0. The van der Waals surface area contributed by atoms with Gasteiger partial charge >= 0.3 is 0 Å². The lowest BCUT2D eigenvalue weighted by Crippen LogP contribution is -2.39. The Balaban J connectivity index is 1.71. The highest BCUT2D eigenvalue weighted by Crippen LogP contribution is 2.34. The third-order valence-corrected chi connectivity index (χ3v) is 4.69. The van der Waals surface area contributed by atoms with Gasteiger partial charge in [0.15, 0.2) is 0 Å². The molecule has 1 aliphatic heterocycles. The monoisotopic (exact) mass is 391 g/mol. The smallest absolute Gasteiger partial charge is 0.243 e. The molecule has 0 aromatic heterocycles. The first-order valence-corrected chi connectivity index (χ1v) is 8.81. The van der Waals surface area contributed by atoms with Gasteiger partial charge in [-0.25, -0.2) is 10.9 Å². The van der Waals surface area contributed by atoms with Crippen molar-refractivity contribution in [3.05, 3.63) is 47.0 Å². The van der Waals surface area contributed by atoms with Crippen LogP contribution in [0.4, 0.5) is 5.69 Å². The number of amides is 1. The van der Waals surface area contributed by atoms with Crippen molar-refractivity contribution in [2.45, 2.75) is 18.5 Å². The molecule has 27 heavy (non-hydrogen) atoms. The molecule has 7 nitrogen and oxygen atoms in total. The summed E-state index contributed by atoms with van der Waals surface area (Å²) in [5.41, 5.74) is 7.66. The Kier molecular flexibility index (Phi) is 6.05. The number of anilines is 1. The maximum atomic E-state index is 12.7. The lowest BCUT2D eigenvalue weighted by atomic mass is 10.0. The van der Waals surface area contributed by atoms with E-state index in [4.69, 9.17) is 25.8 Å². The molecule has 2 aromatic rings. The number of rotatable bonds is 6. The van der Waals surface area contributed by atoms with Crippen molar-refractivity contribution in [2.24, 2.45) is 0 Å². The summed E-state index contributed by atoms with van der Waals surface area (Å²) in [5.74, 6) is 1.78. The fourth-order valence-corrected chi connectivity index (χ4v) is 3.21. The molecule has 1 amide bonds. The second kappa shape index (κ2) is 8.47. The Morgan fingerprint density at radius 3 is 2.52 bits per heavy atom. The molecule has 8 heteroatoms. The van der Waals surface area contributed by atoms with Crippen LogP contribution in [0.15, 0.2) is 36.4 Å². The van der Waals surface area contributed by atoms with Crippen LogP contribution in [0.3, 0.4) is 0 Å². The van der Waals surface area contributed by atoms with E-state index in [0.29, 0.717) is 34.4 Å². The van der Waals surface area contributed by atoms with Crippen molar-refractivity contribution in [3.8, 4) is 17.2 Å². The SMILES string of the molecule is COc1ccc(C2CC(C(=O)Nc3cc(Cl)ccc3OC)NN2)c(OC)c1. The molecule has 2 unspecified atom stereocenters. The third-order valence-electron chi connectivity index (χ3n) is 4.46. The van der Waals surface area contributed by atoms with Gasteiger partial charge in [0.2, 0.25) is 5.91 Å². The zero-order valence-electron chi connectivity index (χ0n) is 15.3. The van der Waals surface area contributed by atoms with Gasteiger partial charge in [0.05, 0.1) is 33.1 Å². The van der Waals surface area contributed by atoms with Crippen molar-refractivity contribution >= 4 is 23.2 Å². The number of carbonyl (C=O) groups excluding carboxylic acids is 1. The standard InChI is InChI=1S/C19H22ClN3O4/c1-25-12-5-6-13(18(9-12)27-3)14-10-16(23-22-14)19(24)21-15-8-11(20)4-7-17(15)26-2/h4-9,14,16,22-23H,10H2,1-3H3,(H,21,24). The van der Waals surface area contributed by atoms with Crippen LogP contribution >= 0.6 is 11.6 Å². The fraction of sp³-hybridized carbons (Fsp3) is 0.316. The average molecular weight is 392 g/mol. The van der Waals surface area contributed by atoms with Crippen LogP contribution in [0, 0.1) is 0 Å². The van der Waals surface area contributed by atoms with E-state index in [1.165, 1.54) is 0 Å². The van der Waals surface area contributed by atoms with E-state index >= 15 is 0 Å². The van der Waals surface area contributed by atoms with E-state index in [2.05, 4.69) is 16.2 Å². The predicted molar refractivity (Wildman–Crippen MR) is 104 cm³/mol. The predicted octanol–water partition coefficient (Wildman–Crippen LogP) is 2.91. The molecule has 0 saturated carbocycles. The van der Waals surface area contributed by atoms with Gasteiger partial charge in [-0.3, -0.25) is 4.79 Å². The van der Waals surface area contributed by atoms with Crippen LogP contribution in [0.2, 0.25) is 5.02 Å². The Bertz CT molecular complexity index is 831. The van der Waals surface area contributed by atoms with Crippen LogP contribution in [0.25, 0.3) is 0 Å². The molecule has 0 bridgehead atoms. The van der Waals surface area contributed by atoms with E-state index < -0.39 is 6.04 Å². The molecule has 3 rings (SSSR count). The summed E-state index contributed by atoms with van der Waals surface area (Å²) in [7, 11) is 4.75. The van der Waals surface area contributed by atoms with E-state index in [-0.39, 0.29) is 11.9 Å². The van der Waals surface area contributed by atoms with Gasteiger partial charge in [0, 0.05) is 16.7 Å². The van der Waals surface area contributed by atoms with Crippen molar-refractivity contribution in [1.82, 2.24) is 10.9 Å². The molecular formula is C19H22ClN3O4. The molecule has 1 aliphatic rings. The lowest BCUT2D eigenvalue weighted by Gasteiger charge is -2.15. The number of benzene rings is 2. The second-order valence-corrected chi connectivity index (χ2v) is 6.51. The van der Waals surface area contributed by atoms with Crippen LogP contribution < -0.4 is 30.4 Å². The topological polar surface area (TPSA) is 80.9 Å². The zero-order valence-corrected chi connectivity index (χ0v) is 16.1. The molecule has 0 aliphatic carbocycles. The fourth-order valence-electron chi connectivity index (χ4n) is 3.04. The van der Waals surface area contributed by atoms with Crippen molar-refractivity contribution in [2.75, 3.05) is 26.6 Å². The molecule has 2 atom stereocenters. The molecule has 144 valence electrons. The third kappa shape index (κ3) is 4.27. The van der Waals surface area contributed by atoms with Gasteiger partial charge in [-0.15, -0.1) is 0 Å². The van der Waals surface area contributed by atoms with E-state index in [1.807, 2.05) is 18.2 Å². The number of carbonyl (C=O) groups is 1. The van der Waals surface area contributed by atoms with E-state index in [1.54, 1.807) is 39.5 Å². The largest absolute Gasteiger partial charge is 0.497 e. The first kappa shape index (κ1) is 19.3. The van der Waals surface area contributed by atoms with Crippen LogP contribution in [0.1, 0.15) is 18.0 Å². The van der Waals surface area contributed by atoms with Crippen molar-refractivity contribution in [3.63, 3.8) is 0 Å². The molecular weight excluding hydrogens is 370 g/mol. The normalized spacial score (nSPS) is 18.8. The number of hydrogen-bond acceptors (Lipinski definition) is 6. The quantitative estimate of drug-likeness (QED) is 0.702. The van der Waals surface area contributed by atoms with Crippen molar-refractivity contribution < 1.29 is 19.0 Å². The molecule has 3 N–H and O–H groups in total. The summed E-state index contributed by atoms with van der Waals surface area (Å²) in [6.45, 7) is 0. The Hall–Kier alpha value is -2.48. The van der Waals surface area contributed by atoms with Gasteiger partial charge in [0.25, 0.3) is 0 Å². The molecule has 1 fully saturated rings. The minimum Gasteiger partial charge on any atom is -0.497 e. The average Bonchev–Trinajstić information content (AvgIpc) is 3.17.